The average Bonchev–Trinajstić information content (AvgIpc) is 2.79. The quantitative estimate of drug-likeness (QED) is 0.343. The molecule has 5 nitrogen and oxygen atoms in total. The van der Waals surface area contributed by atoms with Gasteiger partial charge in [-0.05, 0) is 49.2 Å². The number of hydrogen-bond donors (Lipinski definition) is 0. The Morgan fingerprint density at radius 1 is 0.812 bits per heavy atom. The van der Waals surface area contributed by atoms with Gasteiger partial charge in [-0.15, -0.1) is 0 Å². The van der Waals surface area contributed by atoms with Gasteiger partial charge in [0, 0.05) is 28.0 Å². The van der Waals surface area contributed by atoms with Crippen LogP contribution in [0.15, 0.2) is 91.2 Å². The average molecular weight is 424 g/mol. The molecule has 0 spiro atoms. The zero-order chi connectivity index (χ0) is 22.2. The molecule has 0 saturated carbocycles. The predicted molar refractivity (Wildman–Crippen MR) is 124 cm³/mol. The summed E-state index contributed by atoms with van der Waals surface area (Å²) in [6.07, 6.45) is 0. The first kappa shape index (κ1) is 19.8. The molecule has 0 atom stereocenters. The molecule has 0 saturated heterocycles. The normalized spacial score (nSPS) is 11.2. The number of hydrogen-bond acceptors (Lipinski definition) is 5. The lowest BCUT2D eigenvalue weighted by Gasteiger charge is -2.13. The zero-order valence-electron chi connectivity index (χ0n) is 17.7. The van der Waals surface area contributed by atoms with E-state index < -0.39 is 11.3 Å². The van der Waals surface area contributed by atoms with Gasteiger partial charge in [0.15, 0.2) is 0 Å². The van der Waals surface area contributed by atoms with Crippen molar-refractivity contribution in [2.45, 2.75) is 20.5 Å². The van der Waals surface area contributed by atoms with E-state index in [0.717, 1.165) is 16.5 Å². The molecule has 3 aromatic carbocycles. The topological polar surface area (TPSA) is 69.7 Å². The molecule has 2 heterocycles. The summed E-state index contributed by atoms with van der Waals surface area (Å²) in [5, 5.41) is 1.42. The van der Waals surface area contributed by atoms with Crippen molar-refractivity contribution in [3.63, 3.8) is 0 Å². The minimum Gasteiger partial charge on any atom is -0.488 e. The summed E-state index contributed by atoms with van der Waals surface area (Å²) >= 11 is 0. The second kappa shape index (κ2) is 7.85. The predicted octanol–water partition coefficient (Wildman–Crippen LogP) is 5.76. The van der Waals surface area contributed by atoms with Crippen LogP contribution in [0.25, 0.3) is 33.1 Å². The van der Waals surface area contributed by atoms with Crippen LogP contribution >= 0.6 is 0 Å². The van der Waals surface area contributed by atoms with E-state index >= 15 is 0 Å². The van der Waals surface area contributed by atoms with Crippen molar-refractivity contribution >= 4 is 21.9 Å². The Hall–Kier alpha value is -4.12. The summed E-state index contributed by atoms with van der Waals surface area (Å²) < 4.78 is 17.0. The molecule has 5 heteroatoms. The number of para-hydroxylation sites is 1. The van der Waals surface area contributed by atoms with Crippen LogP contribution in [0.4, 0.5) is 0 Å². The Bertz CT molecular complexity index is 1590. The minimum atomic E-state index is -0.542. The van der Waals surface area contributed by atoms with E-state index in [1.54, 1.807) is 18.2 Å². The van der Waals surface area contributed by atoms with Crippen LogP contribution in [0.5, 0.6) is 5.75 Å². The first-order chi connectivity index (χ1) is 15.5. The molecule has 0 aliphatic heterocycles. The van der Waals surface area contributed by atoms with Gasteiger partial charge in [0.2, 0.25) is 0 Å². The molecule has 0 fully saturated rings. The van der Waals surface area contributed by atoms with Gasteiger partial charge in [-0.1, -0.05) is 42.5 Å². The number of fused-ring (bicyclic) bond motifs is 2. The third-order valence-corrected chi connectivity index (χ3v) is 5.69. The maximum absolute atomic E-state index is 12.7. The fourth-order valence-electron chi connectivity index (χ4n) is 3.90. The van der Waals surface area contributed by atoms with E-state index in [1.807, 2.05) is 62.4 Å². The second-order valence-corrected chi connectivity index (χ2v) is 7.75. The Balaban J connectivity index is 1.63. The molecule has 0 aliphatic carbocycles. The zero-order valence-corrected chi connectivity index (χ0v) is 17.7. The van der Waals surface area contributed by atoms with Gasteiger partial charge in [0.1, 0.15) is 23.5 Å². The summed E-state index contributed by atoms with van der Waals surface area (Å²) in [6.45, 7) is 4.27. The lowest BCUT2D eigenvalue weighted by Crippen LogP contribution is -2.07. The molecule has 0 aliphatic rings. The maximum atomic E-state index is 12.7. The van der Waals surface area contributed by atoms with Gasteiger partial charge in [0.05, 0.1) is 5.56 Å². The first-order valence-electron chi connectivity index (χ1n) is 10.3. The van der Waals surface area contributed by atoms with Crippen LogP contribution in [-0.2, 0) is 6.61 Å². The van der Waals surface area contributed by atoms with E-state index in [9.17, 15) is 9.59 Å². The Morgan fingerprint density at radius 2 is 1.59 bits per heavy atom. The second-order valence-electron chi connectivity index (χ2n) is 7.75. The van der Waals surface area contributed by atoms with Gasteiger partial charge >= 0.3 is 11.3 Å². The lowest BCUT2D eigenvalue weighted by atomic mass is 10.0. The number of rotatable bonds is 4. The Kier molecular flexibility index (Phi) is 4.86. The lowest BCUT2D eigenvalue weighted by molar-refractivity contribution is 0.303. The summed E-state index contributed by atoms with van der Waals surface area (Å²) in [5.41, 5.74) is 3.55. The van der Waals surface area contributed by atoms with E-state index in [2.05, 4.69) is 0 Å². The van der Waals surface area contributed by atoms with Gasteiger partial charge in [-0.25, -0.2) is 9.59 Å². The first-order valence-corrected chi connectivity index (χ1v) is 10.3. The van der Waals surface area contributed by atoms with Gasteiger partial charge < -0.3 is 13.6 Å². The highest BCUT2D eigenvalue weighted by molar-refractivity contribution is 5.96. The fraction of sp³-hybridized carbons (Fsp3) is 0.111. The Labute approximate surface area is 183 Å². The monoisotopic (exact) mass is 424 g/mol. The molecule has 0 amide bonds. The molecule has 0 bridgehead atoms. The molecule has 0 unspecified atom stereocenters. The third kappa shape index (κ3) is 3.48. The summed E-state index contributed by atoms with van der Waals surface area (Å²) in [4.78, 5) is 25.1. The minimum absolute atomic E-state index is 0.314. The van der Waals surface area contributed by atoms with E-state index in [-0.39, 0.29) is 0 Å². The molecule has 32 heavy (non-hydrogen) atoms. The summed E-state index contributed by atoms with van der Waals surface area (Å²) in [6, 6.07) is 22.0. The highest BCUT2D eigenvalue weighted by Gasteiger charge is 2.17. The highest BCUT2D eigenvalue weighted by atomic mass is 16.5. The smallest absolute Gasteiger partial charge is 0.344 e. The molecular formula is C27H20O5. The number of ether oxygens (including phenoxy) is 1. The van der Waals surface area contributed by atoms with E-state index in [1.165, 1.54) is 6.07 Å². The largest absolute Gasteiger partial charge is 0.488 e. The van der Waals surface area contributed by atoms with Crippen LogP contribution in [-0.4, -0.2) is 0 Å². The van der Waals surface area contributed by atoms with Crippen molar-refractivity contribution in [1.29, 1.82) is 0 Å². The molecule has 5 aromatic rings. The number of aryl methyl sites for hydroxylation is 2. The molecule has 0 N–H and O–H groups in total. The third-order valence-electron chi connectivity index (χ3n) is 5.69. The van der Waals surface area contributed by atoms with E-state index in [4.69, 9.17) is 13.6 Å². The van der Waals surface area contributed by atoms with Gasteiger partial charge in [0.25, 0.3) is 0 Å². The van der Waals surface area contributed by atoms with Crippen LogP contribution < -0.4 is 16.0 Å². The SMILES string of the molecule is Cc1ccccc1COc1ccc2c(-c3cc4ccccc4oc3=O)cc(=O)oc2c1C. The van der Waals surface area contributed by atoms with Gasteiger partial charge in [-0.3, -0.25) is 0 Å². The van der Waals surface area contributed by atoms with Crippen LogP contribution in [0.3, 0.4) is 0 Å². The number of benzene rings is 3. The van der Waals surface area contributed by atoms with Crippen LogP contribution in [0.2, 0.25) is 0 Å². The highest BCUT2D eigenvalue weighted by Crippen LogP contribution is 2.33. The van der Waals surface area contributed by atoms with Crippen molar-refractivity contribution in [3.8, 4) is 16.9 Å². The van der Waals surface area contributed by atoms with Crippen LogP contribution in [0, 0.1) is 13.8 Å². The summed E-state index contributed by atoms with van der Waals surface area (Å²) in [7, 11) is 0. The fourth-order valence-corrected chi connectivity index (χ4v) is 3.90. The molecule has 2 aromatic heterocycles. The molecule has 158 valence electrons. The molecule has 5 rings (SSSR count). The van der Waals surface area contributed by atoms with Crippen molar-refractivity contribution in [3.05, 3.63) is 110 Å². The van der Waals surface area contributed by atoms with Crippen molar-refractivity contribution < 1.29 is 13.6 Å². The molecular weight excluding hydrogens is 404 g/mol. The van der Waals surface area contributed by atoms with Crippen LogP contribution in [0.1, 0.15) is 16.7 Å². The Morgan fingerprint density at radius 3 is 2.44 bits per heavy atom. The van der Waals surface area contributed by atoms with Gasteiger partial charge in [-0.2, -0.15) is 0 Å². The van der Waals surface area contributed by atoms with E-state index in [0.29, 0.717) is 45.6 Å². The summed E-state index contributed by atoms with van der Waals surface area (Å²) in [5.74, 6) is 0.617. The maximum Gasteiger partial charge on any atom is 0.344 e. The van der Waals surface area contributed by atoms with Crippen molar-refractivity contribution in [2.24, 2.45) is 0 Å². The van der Waals surface area contributed by atoms with Crippen molar-refractivity contribution in [2.75, 3.05) is 0 Å². The molecule has 0 radical (unpaired) electrons. The van der Waals surface area contributed by atoms with Crippen molar-refractivity contribution in [1.82, 2.24) is 0 Å². The standard InChI is InChI=1S/C27H20O5/c1-16-7-3-4-9-19(16)15-30-23-12-11-20-21(14-25(28)32-26(20)17(23)2)22-13-18-8-5-6-10-24(18)31-27(22)29/h3-14H,15H2,1-2H3.